The predicted octanol–water partition coefficient (Wildman–Crippen LogP) is 5.86. The molecular formula is C34H46O8. The van der Waals surface area contributed by atoms with Gasteiger partial charge in [-0.3, -0.25) is 0 Å². The zero-order valence-corrected chi connectivity index (χ0v) is 24.6. The van der Waals surface area contributed by atoms with Gasteiger partial charge in [0.1, 0.15) is 24.7 Å². The molecule has 0 amide bonds. The number of aldehydes is 1. The lowest BCUT2D eigenvalue weighted by molar-refractivity contribution is -0.226. The van der Waals surface area contributed by atoms with Crippen LogP contribution in [-0.4, -0.2) is 69.7 Å². The van der Waals surface area contributed by atoms with Crippen molar-refractivity contribution in [3.05, 3.63) is 66.2 Å². The van der Waals surface area contributed by atoms with Crippen molar-refractivity contribution >= 4 is 6.29 Å². The van der Waals surface area contributed by atoms with Gasteiger partial charge in [-0.2, -0.15) is 0 Å². The van der Waals surface area contributed by atoms with E-state index in [0.717, 1.165) is 56.1 Å². The Morgan fingerprint density at radius 3 is 2.21 bits per heavy atom. The molecule has 0 N–H and O–H groups in total. The molecular weight excluding hydrogens is 536 g/mol. The lowest BCUT2D eigenvalue weighted by Gasteiger charge is -2.32. The Morgan fingerprint density at radius 2 is 1.52 bits per heavy atom. The largest absolute Gasteiger partial charge is 0.491 e. The molecule has 2 saturated heterocycles. The Bertz CT molecular complexity index is 1010. The molecule has 42 heavy (non-hydrogen) atoms. The van der Waals surface area contributed by atoms with E-state index in [-0.39, 0.29) is 42.9 Å². The van der Waals surface area contributed by atoms with E-state index in [2.05, 4.69) is 12.1 Å². The molecule has 0 aromatic heterocycles. The molecule has 2 aromatic carbocycles. The van der Waals surface area contributed by atoms with E-state index < -0.39 is 0 Å². The van der Waals surface area contributed by atoms with Crippen LogP contribution in [0.5, 0.6) is 5.75 Å². The Kier molecular flexibility index (Phi) is 12.7. The van der Waals surface area contributed by atoms with Gasteiger partial charge in [0.05, 0.1) is 31.5 Å². The highest BCUT2D eigenvalue weighted by Gasteiger charge is 2.46. The molecule has 2 aromatic rings. The number of hydrogen-bond donors (Lipinski definition) is 0. The number of rotatable bonds is 16. The van der Waals surface area contributed by atoms with Gasteiger partial charge in [-0.1, -0.05) is 48.5 Å². The summed E-state index contributed by atoms with van der Waals surface area (Å²) in [5.41, 5.74) is 1.11. The van der Waals surface area contributed by atoms with Gasteiger partial charge in [-0.25, -0.2) is 0 Å². The van der Waals surface area contributed by atoms with Crippen LogP contribution in [0.1, 0.15) is 63.4 Å². The molecule has 1 aliphatic carbocycles. The molecule has 2 heterocycles. The Balaban J connectivity index is 1.28. The minimum absolute atomic E-state index is 0.00544. The van der Waals surface area contributed by atoms with Crippen molar-refractivity contribution < 1.29 is 38.0 Å². The van der Waals surface area contributed by atoms with Crippen molar-refractivity contribution in [2.45, 2.75) is 101 Å². The van der Waals surface area contributed by atoms with Gasteiger partial charge in [0.2, 0.25) is 0 Å². The van der Waals surface area contributed by atoms with Crippen molar-refractivity contribution in [1.29, 1.82) is 0 Å². The average Bonchev–Trinajstić information content (AvgIpc) is 3.37. The molecule has 8 heteroatoms. The summed E-state index contributed by atoms with van der Waals surface area (Å²) < 4.78 is 44.1. The van der Waals surface area contributed by atoms with E-state index in [4.69, 9.17) is 33.2 Å². The normalized spacial score (nSPS) is 28.8. The van der Waals surface area contributed by atoms with Crippen LogP contribution in [0.2, 0.25) is 0 Å². The van der Waals surface area contributed by atoms with E-state index in [0.29, 0.717) is 52.3 Å². The van der Waals surface area contributed by atoms with Crippen LogP contribution < -0.4 is 4.74 Å². The van der Waals surface area contributed by atoms with Crippen LogP contribution in [0.4, 0.5) is 0 Å². The van der Waals surface area contributed by atoms with Gasteiger partial charge in [-0.15, -0.1) is 0 Å². The molecule has 3 aliphatic rings. The fraction of sp³-hybridized carbons (Fsp3) is 0.618. The second-order valence-electron chi connectivity index (χ2n) is 11.4. The number of benzene rings is 2. The fourth-order valence-electron chi connectivity index (χ4n) is 6.07. The standard InChI is InChI=1S/C34H46O8/c35-19-11-16-29-30(39-23-26-12-3-1-4-13-26)22-31(42-33-18-8-10-21-37-33)34(29)40-25-28(41-32-17-7-9-20-36-32)24-38-27-14-5-2-6-15-27/h1-6,12-15,19,28-34H,7-11,16-18,20-25H2/t28?,29-,30-,31+,32?,33?,34+/m0/s1. The fourth-order valence-corrected chi connectivity index (χ4v) is 6.07. The first kappa shape index (κ1) is 31.1. The number of carbonyl (C=O) groups is 1. The van der Waals surface area contributed by atoms with Gasteiger partial charge in [0.15, 0.2) is 12.6 Å². The summed E-state index contributed by atoms with van der Waals surface area (Å²) in [5.74, 6) is 0.777. The first-order valence-electron chi connectivity index (χ1n) is 15.7. The maximum atomic E-state index is 11.5. The molecule has 230 valence electrons. The molecule has 7 atom stereocenters. The van der Waals surface area contributed by atoms with E-state index in [9.17, 15) is 4.79 Å². The van der Waals surface area contributed by atoms with Crippen LogP contribution in [0.25, 0.3) is 0 Å². The van der Waals surface area contributed by atoms with Gasteiger partial charge < -0.3 is 38.0 Å². The van der Waals surface area contributed by atoms with Crippen molar-refractivity contribution in [3.63, 3.8) is 0 Å². The second kappa shape index (κ2) is 17.1. The Morgan fingerprint density at radius 1 is 0.810 bits per heavy atom. The van der Waals surface area contributed by atoms with Crippen LogP contribution in [0, 0.1) is 5.92 Å². The minimum atomic E-state index is -0.337. The predicted molar refractivity (Wildman–Crippen MR) is 157 cm³/mol. The summed E-state index contributed by atoms with van der Waals surface area (Å²) in [6, 6.07) is 19.9. The summed E-state index contributed by atoms with van der Waals surface area (Å²) >= 11 is 0. The minimum Gasteiger partial charge on any atom is -0.491 e. The van der Waals surface area contributed by atoms with Crippen molar-refractivity contribution in [2.75, 3.05) is 26.4 Å². The first-order chi connectivity index (χ1) is 20.8. The second-order valence-corrected chi connectivity index (χ2v) is 11.4. The smallest absolute Gasteiger partial charge is 0.158 e. The zero-order valence-electron chi connectivity index (χ0n) is 24.6. The topological polar surface area (TPSA) is 81.7 Å². The number of carbonyl (C=O) groups excluding carboxylic acids is 1. The number of para-hydroxylation sites is 1. The van der Waals surface area contributed by atoms with Crippen molar-refractivity contribution in [2.24, 2.45) is 5.92 Å². The van der Waals surface area contributed by atoms with Gasteiger partial charge in [0.25, 0.3) is 0 Å². The third-order valence-corrected chi connectivity index (χ3v) is 8.26. The SMILES string of the molecule is O=CCC[C@@H]1[C@@H](OCC(COc2ccccc2)OC2CCCCO2)[C@H](OC2CCCCO2)C[C@@H]1OCc1ccccc1. The molecule has 0 spiro atoms. The lowest BCUT2D eigenvalue weighted by Crippen LogP contribution is -2.40. The molecule has 3 fully saturated rings. The zero-order chi connectivity index (χ0) is 28.8. The molecule has 0 bridgehead atoms. The summed E-state index contributed by atoms with van der Waals surface area (Å²) in [7, 11) is 0. The third-order valence-electron chi connectivity index (χ3n) is 8.26. The van der Waals surface area contributed by atoms with Gasteiger partial charge >= 0.3 is 0 Å². The van der Waals surface area contributed by atoms with Crippen LogP contribution in [-0.2, 0) is 39.8 Å². The molecule has 0 radical (unpaired) electrons. The van der Waals surface area contributed by atoms with Gasteiger partial charge in [0, 0.05) is 32.0 Å². The monoisotopic (exact) mass is 582 g/mol. The summed E-state index contributed by atoms with van der Waals surface area (Å²) in [5, 5.41) is 0. The van der Waals surface area contributed by atoms with Crippen molar-refractivity contribution in [3.8, 4) is 5.75 Å². The van der Waals surface area contributed by atoms with Crippen molar-refractivity contribution in [1.82, 2.24) is 0 Å². The lowest BCUT2D eigenvalue weighted by atomic mass is 9.97. The highest BCUT2D eigenvalue weighted by atomic mass is 16.7. The Labute approximate surface area is 249 Å². The van der Waals surface area contributed by atoms with Gasteiger partial charge in [-0.05, 0) is 62.6 Å². The number of hydrogen-bond acceptors (Lipinski definition) is 8. The Hall–Kier alpha value is -2.33. The van der Waals surface area contributed by atoms with E-state index in [1.807, 2.05) is 48.5 Å². The average molecular weight is 583 g/mol. The van der Waals surface area contributed by atoms with Crippen LogP contribution in [0.15, 0.2) is 60.7 Å². The van der Waals surface area contributed by atoms with Crippen LogP contribution >= 0.6 is 0 Å². The summed E-state index contributed by atoms with van der Waals surface area (Å²) in [6.45, 7) is 2.55. The van der Waals surface area contributed by atoms with E-state index in [1.54, 1.807) is 0 Å². The molecule has 3 unspecified atom stereocenters. The quantitative estimate of drug-likeness (QED) is 0.228. The summed E-state index contributed by atoms with van der Waals surface area (Å²) in [6.07, 6.45) is 7.29. The third kappa shape index (κ3) is 9.59. The molecule has 1 saturated carbocycles. The maximum Gasteiger partial charge on any atom is 0.158 e. The molecule has 5 rings (SSSR count). The molecule has 8 nitrogen and oxygen atoms in total. The highest BCUT2D eigenvalue weighted by molar-refractivity contribution is 5.49. The highest BCUT2D eigenvalue weighted by Crippen LogP contribution is 2.38. The van der Waals surface area contributed by atoms with E-state index >= 15 is 0 Å². The number of ether oxygens (including phenoxy) is 7. The summed E-state index contributed by atoms with van der Waals surface area (Å²) in [4.78, 5) is 11.5. The van der Waals surface area contributed by atoms with E-state index in [1.165, 1.54) is 0 Å². The van der Waals surface area contributed by atoms with Crippen LogP contribution in [0.3, 0.4) is 0 Å². The maximum absolute atomic E-state index is 11.5. The first-order valence-corrected chi connectivity index (χ1v) is 15.7. The molecule has 2 aliphatic heterocycles.